The summed E-state index contributed by atoms with van der Waals surface area (Å²) in [5.41, 5.74) is 0.654. The van der Waals surface area contributed by atoms with Crippen LogP contribution >= 0.6 is 0 Å². The van der Waals surface area contributed by atoms with E-state index >= 15 is 0 Å². The molecule has 1 aliphatic heterocycles. The molecule has 2 N–H and O–H groups in total. The molecule has 1 aromatic carbocycles. The molecule has 24 heavy (non-hydrogen) atoms. The summed E-state index contributed by atoms with van der Waals surface area (Å²) in [4.78, 5) is 13.7. The van der Waals surface area contributed by atoms with Crippen molar-refractivity contribution < 1.29 is 23.9 Å². The van der Waals surface area contributed by atoms with Crippen LogP contribution in [0.25, 0.3) is 0 Å². The second kappa shape index (κ2) is 9.37. The van der Waals surface area contributed by atoms with Crippen LogP contribution < -0.4 is 24.4 Å². The molecule has 1 amide bonds. The number of benzene rings is 1. The van der Waals surface area contributed by atoms with Crippen LogP contribution in [0, 0.1) is 0 Å². The molecule has 0 aromatic heterocycles. The van der Waals surface area contributed by atoms with Crippen molar-refractivity contribution in [3.05, 3.63) is 12.1 Å². The number of quaternary nitrogens is 1. The zero-order valence-electron chi connectivity index (χ0n) is 14.9. The molecule has 1 saturated heterocycles. The lowest BCUT2D eigenvalue weighted by Crippen LogP contribution is -3.13. The van der Waals surface area contributed by atoms with Crippen LogP contribution in [-0.2, 0) is 4.79 Å². The largest absolute Gasteiger partial charge is 0.493 e. The summed E-state index contributed by atoms with van der Waals surface area (Å²) in [5.74, 6) is 1.60. The van der Waals surface area contributed by atoms with E-state index in [-0.39, 0.29) is 5.91 Å². The lowest BCUT2D eigenvalue weighted by Gasteiger charge is -2.21. The zero-order valence-corrected chi connectivity index (χ0v) is 14.9. The molecule has 1 heterocycles. The molecule has 134 valence electrons. The van der Waals surface area contributed by atoms with Gasteiger partial charge >= 0.3 is 0 Å². The van der Waals surface area contributed by atoms with Crippen molar-refractivity contribution in [2.45, 2.75) is 32.1 Å². The minimum Gasteiger partial charge on any atom is -0.493 e. The predicted molar refractivity (Wildman–Crippen MR) is 93.4 cm³/mol. The van der Waals surface area contributed by atoms with Gasteiger partial charge in [0.1, 0.15) is 0 Å². The van der Waals surface area contributed by atoms with E-state index < -0.39 is 0 Å². The van der Waals surface area contributed by atoms with Gasteiger partial charge in [-0.3, -0.25) is 4.79 Å². The number of rotatable bonds is 6. The summed E-state index contributed by atoms with van der Waals surface area (Å²) in [7, 11) is 4.68. The Morgan fingerprint density at radius 2 is 1.50 bits per heavy atom. The summed E-state index contributed by atoms with van der Waals surface area (Å²) in [6, 6.07) is 3.50. The van der Waals surface area contributed by atoms with Crippen LogP contribution in [0.4, 0.5) is 5.69 Å². The first kappa shape index (κ1) is 18.4. The number of carbonyl (C=O) groups excluding carboxylic acids is 1. The molecule has 1 aromatic rings. The van der Waals surface area contributed by atoms with E-state index in [0.29, 0.717) is 29.5 Å². The fourth-order valence-electron chi connectivity index (χ4n) is 3.17. The van der Waals surface area contributed by atoms with Crippen LogP contribution in [0.1, 0.15) is 32.1 Å². The molecule has 2 rings (SSSR count). The molecule has 0 spiro atoms. The Bertz CT molecular complexity index is 515. The number of methoxy groups -OCH3 is 3. The maximum Gasteiger partial charge on any atom is 0.279 e. The molecule has 0 unspecified atom stereocenters. The minimum atomic E-state index is 0.0137. The average Bonchev–Trinajstić information content (AvgIpc) is 2.56. The molecular formula is C18H29N2O4+. The number of carbonyl (C=O) groups is 1. The zero-order chi connectivity index (χ0) is 17.4. The highest BCUT2D eigenvalue weighted by molar-refractivity contribution is 5.92. The number of amides is 1. The van der Waals surface area contributed by atoms with Gasteiger partial charge in [-0.2, -0.15) is 0 Å². The Kier molecular flexibility index (Phi) is 7.18. The third-order valence-electron chi connectivity index (χ3n) is 4.42. The van der Waals surface area contributed by atoms with E-state index in [9.17, 15) is 4.79 Å². The highest BCUT2D eigenvalue weighted by Crippen LogP contribution is 2.39. The smallest absolute Gasteiger partial charge is 0.279 e. The topological polar surface area (TPSA) is 61.2 Å². The van der Waals surface area contributed by atoms with E-state index in [4.69, 9.17) is 14.2 Å². The Morgan fingerprint density at radius 3 is 2.00 bits per heavy atom. The van der Waals surface area contributed by atoms with Gasteiger partial charge in [0.05, 0.1) is 34.4 Å². The Labute approximate surface area is 144 Å². The summed E-state index contributed by atoms with van der Waals surface area (Å²) in [5, 5.41) is 2.95. The SMILES string of the molecule is COc1cc(NC(=O)C[NH+]2CCCCCCC2)cc(OC)c1OC. The number of anilines is 1. The molecule has 1 aliphatic rings. The third-order valence-corrected chi connectivity index (χ3v) is 4.42. The van der Waals surface area contributed by atoms with Crippen molar-refractivity contribution in [3.8, 4) is 17.2 Å². The van der Waals surface area contributed by atoms with Gasteiger partial charge in [-0.15, -0.1) is 0 Å². The van der Waals surface area contributed by atoms with Crippen molar-refractivity contribution in [1.82, 2.24) is 0 Å². The van der Waals surface area contributed by atoms with Crippen LogP contribution in [-0.4, -0.2) is 46.9 Å². The number of nitrogens with one attached hydrogen (secondary N) is 2. The quantitative estimate of drug-likeness (QED) is 0.826. The van der Waals surface area contributed by atoms with Gasteiger partial charge in [-0.1, -0.05) is 6.42 Å². The first-order valence-electron chi connectivity index (χ1n) is 8.61. The first-order chi connectivity index (χ1) is 11.7. The number of ether oxygens (including phenoxy) is 3. The van der Waals surface area contributed by atoms with Gasteiger partial charge in [0.2, 0.25) is 5.75 Å². The first-order valence-corrected chi connectivity index (χ1v) is 8.61. The summed E-state index contributed by atoms with van der Waals surface area (Å²) in [6.07, 6.45) is 6.28. The second-order valence-corrected chi connectivity index (χ2v) is 6.16. The fraction of sp³-hybridized carbons (Fsp3) is 0.611. The van der Waals surface area contributed by atoms with Gasteiger partial charge < -0.3 is 24.4 Å². The summed E-state index contributed by atoms with van der Waals surface area (Å²) >= 11 is 0. The van der Waals surface area contributed by atoms with Crippen LogP contribution in [0.2, 0.25) is 0 Å². The van der Waals surface area contributed by atoms with E-state index in [1.807, 2.05) is 0 Å². The predicted octanol–water partition coefficient (Wildman–Crippen LogP) is 1.50. The second-order valence-electron chi connectivity index (χ2n) is 6.16. The number of hydrogen-bond donors (Lipinski definition) is 2. The van der Waals surface area contributed by atoms with E-state index in [1.54, 1.807) is 33.5 Å². The fourth-order valence-corrected chi connectivity index (χ4v) is 3.17. The standard InChI is InChI=1S/C18H28N2O4/c1-22-15-11-14(12-16(23-2)18(15)24-3)19-17(21)13-20-9-7-5-4-6-8-10-20/h11-12H,4-10,13H2,1-3H3,(H,19,21)/p+1. The Morgan fingerprint density at radius 1 is 0.958 bits per heavy atom. The molecular weight excluding hydrogens is 308 g/mol. The average molecular weight is 337 g/mol. The van der Waals surface area contributed by atoms with E-state index in [0.717, 1.165) is 13.1 Å². The highest BCUT2D eigenvalue weighted by Gasteiger charge is 2.18. The molecule has 0 atom stereocenters. The maximum absolute atomic E-state index is 12.4. The molecule has 0 saturated carbocycles. The maximum atomic E-state index is 12.4. The lowest BCUT2D eigenvalue weighted by atomic mass is 10.1. The van der Waals surface area contributed by atoms with E-state index in [1.165, 1.54) is 37.0 Å². The number of likely N-dealkylation sites (tertiary alicyclic amines) is 1. The van der Waals surface area contributed by atoms with Crippen molar-refractivity contribution in [1.29, 1.82) is 0 Å². The minimum absolute atomic E-state index is 0.0137. The van der Waals surface area contributed by atoms with Gasteiger partial charge in [-0.05, 0) is 25.7 Å². The monoisotopic (exact) mass is 337 g/mol. The van der Waals surface area contributed by atoms with Crippen molar-refractivity contribution in [3.63, 3.8) is 0 Å². The number of hydrogen-bond acceptors (Lipinski definition) is 4. The summed E-state index contributed by atoms with van der Waals surface area (Å²) < 4.78 is 15.9. The van der Waals surface area contributed by atoms with Gasteiger partial charge in [0, 0.05) is 17.8 Å². The Hall–Kier alpha value is -1.95. The highest BCUT2D eigenvalue weighted by atomic mass is 16.5. The molecule has 0 bridgehead atoms. The molecule has 1 fully saturated rings. The molecule has 0 aliphatic carbocycles. The van der Waals surface area contributed by atoms with Crippen molar-refractivity contribution >= 4 is 11.6 Å². The third kappa shape index (κ3) is 5.03. The van der Waals surface area contributed by atoms with Gasteiger partial charge in [0.25, 0.3) is 5.91 Å². The summed E-state index contributed by atoms with van der Waals surface area (Å²) in [6.45, 7) is 2.64. The molecule has 6 nitrogen and oxygen atoms in total. The molecule has 6 heteroatoms. The Balaban J connectivity index is 2.02. The van der Waals surface area contributed by atoms with E-state index in [2.05, 4.69) is 5.32 Å². The van der Waals surface area contributed by atoms with Gasteiger partial charge in [-0.25, -0.2) is 0 Å². The van der Waals surface area contributed by atoms with Crippen molar-refractivity contribution in [2.24, 2.45) is 0 Å². The lowest BCUT2D eigenvalue weighted by molar-refractivity contribution is -0.892. The van der Waals surface area contributed by atoms with Crippen molar-refractivity contribution in [2.75, 3.05) is 46.3 Å². The van der Waals surface area contributed by atoms with Crippen LogP contribution in [0.15, 0.2) is 12.1 Å². The van der Waals surface area contributed by atoms with Crippen LogP contribution in [0.3, 0.4) is 0 Å². The van der Waals surface area contributed by atoms with Crippen LogP contribution in [0.5, 0.6) is 17.2 Å². The normalized spacial score (nSPS) is 16.0. The van der Waals surface area contributed by atoms with Gasteiger partial charge in [0.15, 0.2) is 18.0 Å². The molecule has 0 radical (unpaired) electrons.